The van der Waals surface area contributed by atoms with E-state index in [1.165, 1.54) is 6.08 Å². The molecule has 3 aromatic carbocycles. The summed E-state index contributed by atoms with van der Waals surface area (Å²) in [4.78, 5) is 24.3. The van der Waals surface area contributed by atoms with Crippen LogP contribution in [0.15, 0.2) is 84.9 Å². The predicted molar refractivity (Wildman–Crippen MR) is 113 cm³/mol. The number of methoxy groups -OCH3 is 1. The van der Waals surface area contributed by atoms with E-state index in [1.54, 1.807) is 49.6 Å². The molecule has 0 aliphatic rings. The van der Waals surface area contributed by atoms with Gasteiger partial charge in [0.15, 0.2) is 12.4 Å². The van der Waals surface area contributed by atoms with Gasteiger partial charge < -0.3 is 14.8 Å². The van der Waals surface area contributed by atoms with Crippen molar-refractivity contribution >= 4 is 23.5 Å². The zero-order valence-electron chi connectivity index (χ0n) is 16.0. The summed E-state index contributed by atoms with van der Waals surface area (Å²) >= 11 is 0. The number of rotatable bonds is 8. The minimum absolute atomic E-state index is 0.115. The lowest BCUT2D eigenvalue weighted by atomic mass is 10.1. The number of carbonyl (C=O) groups is 2. The molecule has 0 heterocycles. The summed E-state index contributed by atoms with van der Waals surface area (Å²) in [5.74, 6) is 0.827. The van der Waals surface area contributed by atoms with Crippen LogP contribution in [0, 0.1) is 0 Å². The van der Waals surface area contributed by atoms with E-state index in [2.05, 4.69) is 5.32 Å². The van der Waals surface area contributed by atoms with Gasteiger partial charge in [0.05, 0.1) is 7.11 Å². The number of ketones is 1. The Bertz CT molecular complexity index is 995. The number of anilines is 1. The van der Waals surface area contributed by atoms with Crippen molar-refractivity contribution in [3.63, 3.8) is 0 Å². The SMILES string of the molecule is COc1ccccc1/C=C/C(=O)c1ccc(OCC(=O)Nc2ccccc2)cc1. The second kappa shape index (κ2) is 9.90. The van der Waals surface area contributed by atoms with Crippen LogP contribution in [0.5, 0.6) is 11.5 Å². The summed E-state index contributed by atoms with van der Waals surface area (Å²) in [6.45, 7) is -0.115. The third-order valence-corrected chi connectivity index (χ3v) is 4.12. The normalized spacial score (nSPS) is 10.5. The lowest BCUT2D eigenvalue weighted by Crippen LogP contribution is -2.20. The Kier molecular flexibility index (Phi) is 6.79. The van der Waals surface area contributed by atoms with Crippen molar-refractivity contribution in [1.82, 2.24) is 0 Å². The van der Waals surface area contributed by atoms with E-state index >= 15 is 0 Å². The summed E-state index contributed by atoms with van der Waals surface area (Å²) < 4.78 is 10.7. The van der Waals surface area contributed by atoms with Crippen LogP contribution in [-0.4, -0.2) is 25.4 Å². The fourth-order valence-electron chi connectivity index (χ4n) is 2.65. The average Bonchev–Trinajstić information content (AvgIpc) is 2.77. The minimum atomic E-state index is -0.254. The maximum Gasteiger partial charge on any atom is 0.262 e. The van der Waals surface area contributed by atoms with E-state index in [4.69, 9.17) is 9.47 Å². The highest BCUT2D eigenvalue weighted by Crippen LogP contribution is 2.19. The van der Waals surface area contributed by atoms with Crippen LogP contribution in [0.2, 0.25) is 0 Å². The Morgan fingerprint density at radius 2 is 1.59 bits per heavy atom. The van der Waals surface area contributed by atoms with Gasteiger partial charge in [-0.05, 0) is 54.6 Å². The molecule has 146 valence electrons. The van der Waals surface area contributed by atoms with Gasteiger partial charge in [-0.3, -0.25) is 9.59 Å². The summed E-state index contributed by atoms with van der Waals surface area (Å²) in [7, 11) is 1.59. The molecule has 5 nitrogen and oxygen atoms in total. The molecule has 0 unspecified atom stereocenters. The van der Waals surface area contributed by atoms with Gasteiger partial charge in [-0.2, -0.15) is 0 Å². The van der Waals surface area contributed by atoms with Gasteiger partial charge in [0.2, 0.25) is 0 Å². The smallest absolute Gasteiger partial charge is 0.262 e. The molecule has 0 fully saturated rings. The van der Waals surface area contributed by atoms with Crippen LogP contribution in [0.3, 0.4) is 0 Å². The number of benzene rings is 3. The summed E-state index contributed by atoms with van der Waals surface area (Å²) in [6.07, 6.45) is 3.22. The van der Waals surface area contributed by atoms with Crippen molar-refractivity contribution in [3.05, 3.63) is 96.1 Å². The fourth-order valence-corrected chi connectivity index (χ4v) is 2.65. The van der Waals surface area contributed by atoms with Gasteiger partial charge in [-0.25, -0.2) is 0 Å². The highest BCUT2D eigenvalue weighted by Gasteiger charge is 2.06. The lowest BCUT2D eigenvalue weighted by Gasteiger charge is -2.08. The molecule has 29 heavy (non-hydrogen) atoms. The first-order chi connectivity index (χ1) is 14.2. The topological polar surface area (TPSA) is 64.6 Å². The number of carbonyl (C=O) groups excluding carboxylic acids is 2. The molecule has 1 amide bonds. The van der Waals surface area contributed by atoms with Gasteiger partial charge in [-0.1, -0.05) is 36.4 Å². The number of nitrogens with one attached hydrogen (secondary N) is 1. The molecule has 0 aliphatic heterocycles. The van der Waals surface area contributed by atoms with E-state index in [0.717, 1.165) is 5.56 Å². The van der Waals surface area contributed by atoms with Crippen LogP contribution >= 0.6 is 0 Å². The molecule has 0 radical (unpaired) electrons. The molecule has 3 aromatic rings. The maximum absolute atomic E-state index is 12.4. The monoisotopic (exact) mass is 387 g/mol. The largest absolute Gasteiger partial charge is 0.496 e. The third kappa shape index (κ3) is 5.81. The molecule has 5 heteroatoms. The molecule has 3 rings (SSSR count). The first kappa shape index (κ1) is 19.9. The molecule has 0 bridgehead atoms. The van der Waals surface area contributed by atoms with Gasteiger partial charge in [-0.15, -0.1) is 0 Å². The van der Waals surface area contributed by atoms with Crippen LogP contribution < -0.4 is 14.8 Å². The predicted octanol–water partition coefficient (Wildman–Crippen LogP) is 4.61. The number of amides is 1. The minimum Gasteiger partial charge on any atom is -0.496 e. The lowest BCUT2D eigenvalue weighted by molar-refractivity contribution is -0.118. The number of para-hydroxylation sites is 2. The first-order valence-electron chi connectivity index (χ1n) is 9.09. The van der Waals surface area contributed by atoms with E-state index in [-0.39, 0.29) is 18.3 Å². The van der Waals surface area contributed by atoms with E-state index in [0.29, 0.717) is 22.7 Å². The third-order valence-electron chi connectivity index (χ3n) is 4.12. The summed E-state index contributed by atoms with van der Waals surface area (Å²) in [5, 5.41) is 2.75. The van der Waals surface area contributed by atoms with Crippen molar-refractivity contribution in [2.24, 2.45) is 0 Å². The Morgan fingerprint density at radius 3 is 2.31 bits per heavy atom. The molecule has 1 N–H and O–H groups in total. The van der Waals surface area contributed by atoms with Crippen molar-refractivity contribution in [2.75, 3.05) is 19.0 Å². The second-order valence-electron chi connectivity index (χ2n) is 6.17. The van der Waals surface area contributed by atoms with Crippen molar-refractivity contribution in [2.45, 2.75) is 0 Å². The van der Waals surface area contributed by atoms with Gasteiger partial charge in [0.1, 0.15) is 11.5 Å². The fraction of sp³-hybridized carbons (Fsp3) is 0.0833. The Morgan fingerprint density at radius 1 is 0.897 bits per heavy atom. The van der Waals surface area contributed by atoms with Crippen molar-refractivity contribution < 1.29 is 19.1 Å². The quantitative estimate of drug-likeness (QED) is 0.453. The molecule has 0 atom stereocenters. The molecule has 0 saturated heterocycles. The summed E-state index contributed by atoms with van der Waals surface area (Å²) in [5.41, 5.74) is 2.06. The van der Waals surface area contributed by atoms with Crippen LogP contribution in [-0.2, 0) is 4.79 Å². The number of allylic oxidation sites excluding steroid dienone is 1. The van der Waals surface area contributed by atoms with E-state index in [1.807, 2.05) is 42.5 Å². The Balaban J connectivity index is 1.54. The highest BCUT2D eigenvalue weighted by molar-refractivity contribution is 6.07. The number of ether oxygens (including phenoxy) is 2. The molecular weight excluding hydrogens is 366 g/mol. The molecule has 0 aromatic heterocycles. The number of hydrogen-bond donors (Lipinski definition) is 1. The van der Waals surface area contributed by atoms with Gasteiger partial charge in [0, 0.05) is 16.8 Å². The zero-order valence-corrected chi connectivity index (χ0v) is 16.0. The summed E-state index contributed by atoms with van der Waals surface area (Å²) in [6, 6.07) is 23.3. The molecule has 0 spiro atoms. The first-order valence-corrected chi connectivity index (χ1v) is 9.09. The average molecular weight is 387 g/mol. The molecular formula is C24H21NO4. The second-order valence-corrected chi connectivity index (χ2v) is 6.17. The van der Waals surface area contributed by atoms with Gasteiger partial charge in [0.25, 0.3) is 5.91 Å². The van der Waals surface area contributed by atoms with Crippen molar-refractivity contribution in [3.8, 4) is 11.5 Å². The van der Waals surface area contributed by atoms with Crippen LogP contribution in [0.4, 0.5) is 5.69 Å². The van der Waals surface area contributed by atoms with E-state index in [9.17, 15) is 9.59 Å². The van der Waals surface area contributed by atoms with E-state index < -0.39 is 0 Å². The standard InChI is InChI=1S/C24H21NO4/c1-28-23-10-6-5-7-19(23)13-16-22(26)18-11-14-21(15-12-18)29-17-24(27)25-20-8-3-2-4-9-20/h2-16H,17H2,1H3,(H,25,27)/b16-13+. The Hall–Kier alpha value is -3.86. The van der Waals surface area contributed by atoms with Gasteiger partial charge >= 0.3 is 0 Å². The molecule has 0 aliphatic carbocycles. The molecule has 0 saturated carbocycles. The number of hydrogen-bond acceptors (Lipinski definition) is 4. The highest BCUT2D eigenvalue weighted by atomic mass is 16.5. The maximum atomic E-state index is 12.4. The van der Waals surface area contributed by atoms with Crippen LogP contribution in [0.25, 0.3) is 6.08 Å². The Labute approximate surface area is 169 Å². The zero-order chi connectivity index (χ0) is 20.5. The van der Waals surface area contributed by atoms with Crippen molar-refractivity contribution in [1.29, 1.82) is 0 Å². The van der Waals surface area contributed by atoms with Crippen LogP contribution in [0.1, 0.15) is 15.9 Å².